The number of fused-ring (bicyclic) bond motifs is 1. The summed E-state index contributed by atoms with van der Waals surface area (Å²) < 4.78 is 1.67. The third-order valence-electron chi connectivity index (χ3n) is 5.45. The molecule has 0 saturated heterocycles. The average molecular weight is 498 g/mol. The van der Waals surface area contributed by atoms with Gasteiger partial charge in [0.25, 0.3) is 11.8 Å². The van der Waals surface area contributed by atoms with Gasteiger partial charge in [-0.3, -0.25) is 14.4 Å². The fourth-order valence-electron chi connectivity index (χ4n) is 3.71. The van der Waals surface area contributed by atoms with Gasteiger partial charge in [-0.05, 0) is 34.5 Å². The number of rotatable bonds is 8. The monoisotopic (exact) mass is 497 g/mol. The Morgan fingerprint density at radius 3 is 2.58 bits per heavy atom. The largest absolute Gasteiger partial charge is 0.364 e. The van der Waals surface area contributed by atoms with E-state index in [1.54, 1.807) is 29.2 Å². The number of nitrogens with two attached hydrogens (primary N) is 1. The van der Waals surface area contributed by atoms with Crippen molar-refractivity contribution in [3.8, 4) is 0 Å². The minimum atomic E-state index is -0.785. The maximum Gasteiger partial charge on any atom is 0.270 e. The van der Waals surface area contributed by atoms with Gasteiger partial charge in [0.15, 0.2) is 17.1 Å². The predicted molar refractivity (Wildman–Crippen MR) is 137 cm³/mol. The van der Waals surface area contributed by atoms with Crippen LogP contribution < -0.4 is 16.4 Å². The van der Waals surface area contributed by atoms with Gasteiger partial charge in [-0.15, -0.1) is 0 Å². The van der Waals surface area contributed by atoms with Gasteiger partial charge in [-0.1, -0.05) is 53.8 Å². The fraction of sp³-hybridized carbons (Fsp3) is 0.0400. The number of hydrogen-bond acceptors (Lipinski definition) is 8. The quantitative estimate of drug-likeness (QED) is 0.276. The second-order valence-electron chi connectivity index (χ2n) is 7.80. The van der Waals surface area contributed by atoms with E-state index in [1.807, 2.05) is 42.5 Å². The van der Waals surface area contributed by atoms with Crippen LogP contribution in [0.1, 0.15) is 36.8 Å². The van der Waals surface area contributed by atoms with E-state index in [2.05, 4.69) is 25.7 Å². The second-order valence-corrected chi connectivity index (χ2v) is 8.79. The van der Waals surface area contributed by atoms with E-state index < -0.39 is 11.8 Å². The third kappa shape index (κ3) is 4.68. The lowest BCUT2D eigenvalue weighted by Gasteiger charge is -2.09. The molecular weight excluding hydrogens is 478 g/mol. The highest BCUT2D eigenvalue weighted by Crippen LogP contribution is 2.33. The van der Waals surface area contributed by atoms with E-state index in [-0.39, 0.29) is 10.7 Å². The minimum Gasteiger partial charge on any atom is -0.364 e. The highest BCUT2D eigenvalue weighted by atomic mass is 32.1. The number of carbonyl (C=O) groups is 3. The highest BCUT2D eigenvalue weighted by Gasteiger charge is 2.20. The molecule has 2 heterocycles. The van der Waals surface area contributed by atoms with Crippen LogP contribution in [-0.2, 0) is 6.54 Å². The first-order valence-electron chi connectivity index (χ1n) is 10.8. The number of hydrogen-bond donors (Lipinski definition) is 3. The van der Waals surface area contributed by atoms with Crippen LogP contribution in [0, 0.1) is 0 Å². The van der Waals surface area contributed by atoms with Crippen molar-refractivity contribution in [3.05, 3.63) is 95.7 Å². The Kier molecular flexibility index (Phi) is 6.20. The molecule has 0 spiro atoms. The third-order valence-corrected chi connectivity index (χ3v) is 6.33. The Morgan fingerprint density at radius 1 is 1.06 bits per heavy atom. The molecule has 178 valence electrons. The van der Waals surface area contributed by atoms with Crippen molar-refractivity contribution in [3.63, 3.8) is 0 Å². The molecular formula is C25H19N7O3S. The molecule has 0 aliphatic rings. The van der Waals surface area contributed by atoms with Crippen LogP contribution in [0.5, 0.6) is 0 Å². The zero-order chi connectivity index (χ0) is 25.1. The van der Waals surface area contributed by atoms with Crippen molar-refractivity contribution < 1.29 is 14.4 Å². The number of anilines is 3. The number of aromatic nitrogens is 4. The first kappa shape index (κ1) is 22.9. The molecule has 11 heteroatoms. The van der Waals surface area contributed by atoms with Gasteiger partial charge < -0.3 is 16.4 Å². The number of amides is 2. The Hall–Kier alpha value is -4.90. The molecule has 2 aromatic heterocycles. The van der Waals surface area contributed by atoms with Crippen molar-refractivity contribution in [2.45, 2.75) is 6.54 Å². The second kappa shape index (κ2) is 9.76. The van der Waals surface area contributed by atoms with E-state index in [0.717, 1.165) is 34.0 Å². The fourth-order valence-corrected chi connectivity index (χ4v) is 4.59. The van der Waals surface area contributed by atoms with Gasteiger partial charge in [0.1, 0.15) is 17.7 Å². The molecule has 2 amide bonds. The first-order chi connectivity index (χ1) is 17.5. The van der Waals surface area contributed by atoms with Crippen LogP contribution in [0.25, 0.3) is 10.8 Å². The predicted octanol–water partition coefficient (Wildman–Crippen LogP) is 3.84. The number of primary amides is 1. The van der Waals surface area contributed by atoms with Crippen LogP contribution in [0.4, 0.5) is 15.8 Å². The zero-order valence-electron chi connectivity index (χ0n) is 18.7. The Bertz CT molecular complexity index is 1580. The van der Waals surface area contributed by atoms with E-state index >= 15 is 0 Å². The van der Waals surface area contributed by atoms with Crippen molar-refractivity contribution >= 4 is 56.0 Å². The van der Waals surface area contributed by atoms with Crippen LogP contribution in [0.15, 0.2) is 73.3 Å². The molecule has 0 radical (unpaired) electrons. The van der Waals surface area contributed by atoms with E-state index in [1.165, 1.54) is 6.33 Å². The van der Waals surface area contributed by atoms with Crippen molar-refractivity contribution in [2.24, 2.45) is 5.73 Å². The molecule has 0 unspecified atom stereocenters. The Morgan fingerprint density at radius 2 is 1.86 bits per heavy atom. The molecule has 0 fully saturated rings. The van der Waals surface area contributed by atoms with E-state index in [0.29, 0.717) is 28.5 Å². The van der Waals surface area contributed by atoms with Crippen molar-refractivity contribution in [1.29, 1.82) is 0 Å². The Balaban J connectivity index is 1.37. The molecule has 10 nitrogen and oxygen atoms in total. The summed E-state index contributed by atoms with van der Waals surface area (Å²) >= 11 is 1.05. The van der Waals surface area contributed by atoms with Gasteiger partial charge in [-0.2, -0.15) is 5.10 Å². The molecule has 0 aliphatic heterocycles. The molecule has 0 aliphatic carbocycles. The number of nitrogens with zero attached hydrogens (tertiary/aromatic N) is 4. The summed E-state index contributed by atoms with van der Waals surface area (Å²) in [6.07, 6.45) is 3.83. The molecule has 0 atom stereocenters. The normalized spacial score (nSPS) is 10.8. The van der Waals surface area contributed by atoms with Gasteiger partial charge in [0.2, 0.25) is 0 Å². The van der Waals surface area contributed by atoms with Gasteiger partial charge in [0, 0.05) is 11.1 Å². The van der Waals surface area contributed by atoms with Gasteiger partial charge >= 0.3 is 0 Å². The molecule has 5 rings (SSSR count). The molecule has 4 N–H and O–H groups in total. The SMILES string of the molecule is NC(=O)c1nc(Nc2ccc3ccccc3c2C=O)sc1NC(=O)c1ccc(Cn2cncn2)cc1. The van der Waals surface area contributed by atoms with Crippen molar-refractivity contribution in [2.75, 3.05) is 10.6 Å². The van der Waals surface area contributed by atoms with Crippen LogP contribution in [0.3, 0.4) is 0 Å². The van der Waals surface area contributed by atoms with Crippen LogP contribution in [0.2, 0.25) is 0 Å². The number of nitrogens with one attached hydrogen (secondary N) is 2. The average Bonchev–Trinajstić information content (AvgIpc) is 3.54. The summed E-state index contributed by atoms with van der Waals surface area (Å²) in [5.74, 6) is -1.20. The number of aldehydes is 1. The topological polar surface area (TPSA) is 145 Å². The molecule has 0 bridgehead atoms. The summed E-state index contributed by atoms with van der Waals surface area (Å²) in [4.78, 5) is 44.9. The lowest BCUT2D eigenvalue weighted by Crippen LogP contribution is -2.17. The van der Waals surface area contributed by atoms with Gasteiger partial charge in [0.05, 0.1) is 12.2 Å². The Labute approximate surface area is 208 Å². The van der Waals surface area contributed by atoms with Gasteiger partial charge in [-0.25, -0.2) is 14.6 Å². The molecule has 0 saturated carbocycles. The first-order valence-corrected chi connectivity index (χ1v) is 11.6. The lowest BCUT2D eigenvalue weighted by atomic mass is 10.0. The summed E-state index contributed by atoms with van der Waals surface area (Å²) in [5.41, 5.74) is 7.75. The lowest BCUT2D eigenvalue weighted by molar-refractivity contribution is 0.0996. The zero-order valence-corrected chi connectivity index (χ0v) is 19.5. The number of carbonyl (C=O) groups excluding carboxylic acids is 3. The van der Waals surface area contributed by atoms with Crippen LogP contribution in [-0.4, -0.2) is 37.8 Å². The highest BCUT2D eigenvalue weighted by molar-refractivity contribution is 7.20. The summed E-state index contributed by atoms with van der Waals surface area (Å²) in [6, 6.07) is 18.1. The van der Waals surface area contributed by atoms with E-state index in [4.69, 9.17) is 5.73 Å². The van der Waals surface area contributed by atoms with Crippen molar-refractivity contribution in [1.82, 2.24) is 19.7 Å². The molecule has 3 aromatic carbocycles. The summed E-state index contributed by atoms with van der Waals surface area (Å²) in [5, 5.41) is 12.1. The number of thiazole rings is 1. The number of benzene rings is 3. The van der Waals surface area contributed by atoms with Crippen LogP contribution >= 0.6 is 11.3 Å². The van der Waals surface area contributed by atoms with E-state index in [9.17, 15) is 14.4 Å². The summed E-state index contributed by atoms with van der Waals surface area (Å²) in [7, 11) is 0. The smallest absolute Gasteiger partial charge is 0.270 e. The maximum atomic E-state index is 12.9. The maximum absolute atomic E-state index is 12.9. The minimum absolute atomic E-state index is 0.0768. The summed E-state index contributed by atoms with van der Waals surface area (Å²) in [6.45, 7) is 0.523. The molecule has 36 heavy (non-hydrogen) atoms. The standard InChI is InChI=1S/C25H19N7O3S/c26-22(34)21-24(31-23(35)17-7-5-15(6-8-17)11-32-14-27-13-28-32)36-25(30-21)29-20-10-9-16-3-1-2-4-18(16)19(20)12-33/h1-10,12-14H,11H2,(H2,26,34)(H,29,30)(H,31,35). The molecule has 5 aromatic rings.